The van der Waals surface area contributed by atoms with Gasteiger partial charge in [0.05, 0.1) is 8.44 Å². The van der Waals surface area contributed by atoms with Crippen LogP contribution < -0.4 is 0 Å². The number of benzene rings is 1. The summed E-state index contributed by atoms with van der Waals surface area (Å²) in [6, 6.07) is 12.8. The van der Waals surface area contributed by atoms with Crippen molar-refractivity contribution in [1.29, 1.82) is 0 Å². The summed E-state index contributed by atoms with van der Waals surface area (Å²) in [5.41, 5.74) is 6.85. The lowest BCUT2D eigenvalue weighted by molar-refractivity contribution is 0.118. The van der Waals surface area contributed by atoms with E-state index >= 15 is 0 Å². The Labute approximate surface area is 196 Å². The van der Waals surface area contributed by atoms with Crippen molar-refractivity contribution in [1.82, 2.24) is 19.8 Å². The van der Waals surface area contributed by atoms with E-state index in [1.807, 2.05) is 26.0 Å². The van der Waals surface area contributed by atoms with Crippen molar-refractivity contribution in [3.05, 3.63) is 65.6 Å². The topological polar surface area (TPSA) is 35.2 Å². The normalized spacial score (nSPS) is 17.4. The molecule has 0 spiro atoms. The molecule has 3 aromatic rings. The second kappa shape index (κ2) is 10.0. The van der Waals surface area contributed by atoms with E-state index in [0.29, 0.717) is 5.92 Å². The van der Waals surface area contributed by atoms with Gasteiger partial charge >= 0.3 is 0 Å². The number of pyridine rings is 1. The molecular weight excluding hydrogens is 392 g/mol. The minimum Gasteiger partial charge on any atom is -0.362 e. The van der Waals surface area contributed by atoms with Crippen LogP contribution in [0.15, 0.2) is 48.6 Å². The molecule has 1 aliphatic rings. The highest BCUT2D eigenvalue weighted by molar-refractivity contribution is 5.72. The van der Waals surface area contributed by atoms with Crippen molar-refractivity contribution in [2.24, 2.45) is 5.92 Å². The molecule has 0 aliphatic carbocycles. The smallest absolute Gasteiger partial charge is 0.0840 e. The summed E-state index contributed by atoms with van der Waals surface area (Å²) in [6.07, 6.45) is 0.0137. The van der Waals surface area contributed by atoms with Gasteiger partial charge in [0.1, 0.15) is 0 Å². The lowest BCUT2D eigenvalue weighted by atomic mass is 9.97. The Morgan fingerprint density at radius 1 is 0.938 bits per heavy atom. The molecule has 0 radical (unpaired) electrons. The third-order valence-corrected chi connectivity index (χ3v) is 6.48. The Morgan fingerprint density at radius 2 is 1.59 bits per heavy atom. The molecule has 1 N–H and O–H groups in total. The van der Waals surface area contributed by atoms with Gasteiger partial charge in [0, 0.05) is 68.0 Å². The molecule has 1 unspecified atom stereocenters. The quantitative estimate of drug-likeness (QED) is 0.517. The number of nitrogens with zero attached hydrogens (tertiary/aromatic N) is 3. The molecule has 3 heterocycles. The molecule has 2 aromatic heterocycles. The maximum atomic E-state index is 8.38. The first kappa shape index (κ1) is 20.2. The first-order valence-electron chi connectivity index (χ1n) is 12.9. The van der Waals surface area contributed by atoms with Crippen LogP contribution in [0.5, 0.6) is 0 Å². The zero-order chi connectivity index (χ0) is 24.4. The molecule has 0 bridgehead atoms. The number of aryl methyl sites for hydroxylation is 2. The van der Waals surface area contributed by atoms with Crippen LogP contribution in [-0.4, -0.2) is 59.0 Å². The SMILES string of the molecule is [2H]c1nc(-c2ccc(C(C)CN3CCN(CC(C)C)CC3)cc2)cc(-c2cc(C)[nH]c2C)c1[2H]. The van der Waals surface area contributed by atoms with Gasteiger partial charge in [0.2, 0.25) is 0 Å². The van der Waals surface area contributed by atoms with Gasteiger partial charge in [-0.15, -0.1) is 0 Å². The van der Waals surface area contributed by atoms with Gasteiger partial charge in [-0.3, -0.25) is 4.98 Å². The van der Waals surface area contributed by atoms with Crippen LogP contribution in [0.4, 0.5) is 0 Å². The van der Waals surface area contributed by atoms with E-state index < -0.39 is 0 Å². The van der Waals surface area contributed by atoms with Crippen molar-refractivity contribution >= 4 is 0 Å². The van der Waals surface area contributed by atoms with Gasteiger partial charge < -0.3 is 14.8 Å². The Kier molecular flexibility index (Phi) is 6.32. The number of nitrogens with one attached hydrogen (secondary N) is 1. The third-order valence-electron chi connectivity index (χ3n) is 6.48. The second-order valence-corrected chi connectivity index (χ2v) is 9.80. The summed E-state index contributed by atoms with van der Waals surface area (Å²) in [5, 5.41) is 0. The van der Waals surface area contributed by atoms with Crippen molar-refractivity contribution in [3.8, 4) is 22.4 Å². The molecule has 4 heteroatoms. The maximum Gasteiger partial charge on any atom is 0.0840 e. The standard InChI is InChI=1S/C28H38N4/c1-20(2)18-31-12-14-32(15-13-31)19-21(3)24-6-8-25(9-7-24)28-17-26(10-11-29-28)27-16-22(4)30-23(27)5/h6-11,16-17,20-21,30H,12-15,18-19H2,1-5H3/i10D,11D. The lowest BCUT2D eigenvalue weighted by Gasteiger charge is -2.36. The van der Waals surface area contributed by atoms with Crippen LogP contribution in [0.3, 0.4) is 0 Å². The van der Waals surface area contributed by atoms with Crippen molar-refractivity contribution in [3.63, 3.8) is 0 Å². The summed E-state index contributed by atoms with van der Waals surface area (Å²) in [6.45, 7) is 17.8. The van der Waals surface area contributed by atoms with Crippen LogP contribution in [-0.2, 0) is 0 Å². The number of piperazine rings is 1. The number of H-pyrrole nitrogens is 1. The van der Waals surface area contributed by atoms with Crippen LogP contribution in [0.25, 0.3) is 22.4 Å². The summed E-state index contributed by atoms with van der Waals surface area (Å²) in [7, 11) is 0. The minimum absolute atomic E-state index is 0.0137. The summed E-state index contributed by atoms with van der Waals surface area (Å²) in [4.78, 5) is 12.9. The van der Waals surface area contributed by atoms with Crippen LogP contribution in [0.1, 0.15) is 46.4 Å². The number of hydrogen-bond donors (Lipinski definition) is 1. The van der Waals surface area contributed by atoms with Gasteiger partial charge in [0.25, 0.3) is 0 Å². The fourth-order valence-electron chi connectivity index (χ4n) is 4.80. The van der Waals surface area contributed by atoms with E-state index in [-0.39, 0.29) is 12.2 Å². The minimum atomic E-state index is 0.0137. The lowest BCUT2D eigenvalue weighted by Crippen LogP contribution is -2.48. The van der Waals surface area contributed by atoms with Crippen LogP contribution in [0.2, 0.25) is 0 Å². The first-order valence-corrected chi connectivity index (χ1v) is 11.9. The maximum absolute atomic E-state index is 8.38. The third kappa shape index (κ3) is 5.48. The average molecular weight is 433 g/mol. The van der Waals surface area contributed by atoms with Gasteiger partial charge in [-0.2, -0.15) is 0 Å². The molecule has 170 valence electrons. The monoisotopic (exact) mass is 432 g/mol. The second-order valence-electron chi connectivity index (χ2n) is 9.80. The fourth-order valence-corrected chi connectivity index (χ4v) is 4.80. The van der Waals surface area contributed by atoms with E-state index in [1.54, 1.807) is 0 Å². The summed E-state index contributed by atoms with van der Waals surface area (Å²) < 4.78 is 16.6. The van der Waals surface area contributed by atoms with Gasteiger partial charge in [-0.25, -0.2) is 0 Å². The highest BCUT2D eigenvalue weighted by Crippen LogP contribution is 2.28. The fraction of sp³-hybridized carbons (Fsp3) is 0.464. The first-order chi connectivity index (χ1) is 16.2. The van der Waals surface area contributed by atoms with E-state index in [9.17, 15) is 0 Å². The number of aromatic amines is 1. The highest BCUT2D eigenvalue weighted by atomic mass is 15.3. The number of hydrogen-bond acceptors (Lipinski definition) is 3. The van der Waals surface area contributed by atoms with E-state index in [2.05, 4.69) is 64.8 Å². The average Bonchev–Trinajstić information content (AvgIpc) is 3.14. The zero-order valence-corrected chi connectivity index (χ0v) is 20.2. The highest BCUT2D eigenvalue weighted by Gasteiger charge is 2.19. The van der Waals surface area contributed by atoms with Crippen molar-refractivity contribution < 1.29 is 2.74 Å². The van der Waals surface area contributed by atoms with E-state index in [1.165, 1.54) is 25.2 Å². The molecule has 4 rings (SSSR count). The molecule has 1 aliphatic heterocycles. The van der Waals surface area contributed by atoms with Gasteiger partial charge in [-0.1, -0.05) is 45.0 Å². The number of aromatic nitrogens is 2. The van der Waals surface area contributed by atoms with Crippen molar-refractivity contribution in [2.75, 3.05) is 39.3 Å². The molecule has 1 fully saturated rings. The molecule has 0 amide bonds. The van der Waals surface area contributed by atoms with Crippen LogP contribution in [0, 0.1) is 19.8 Å². The van der Waals surface area contributed by atoms with E-state index in [4.69, 9.17) is 2.74 Å². The molecule has 1 saturated heterocycles. The molecular formula is C28H38N4. The Balaban J connectivity index is 1.46. The molecule has 0 saturated carbocycles. The molecule has 1 atom stereocenters. The molecule has 32 heavy (non-hydrogen) atoms. The van der Waals surface area contributed by atoms with Gasteiger partial charge in [-0.05, 0) is 55.0 Å². The predicted molar refractivity (Wildman–Crippen MR) is 135 cm³/mol. The Bertz CT molecular complexity index is 1110. The summed E-state index contributed by atoms with van der Waals surface area (Å²) >= 11 is 0. The van der Waals surface area contributed by atoms with Crippen LogP contribution >= 0.6 is 0 Å². The Hall–Kier alpha value is -2.43. The van der Waals surface area contributed by atoms with E-state index in [0.717, 1.165) is 59.3 Å². The Morgan fingerprint density at radius 3 is 2.19 bits per heavy atom. The largest absolute Gasteiger partial charge is 0.362 e. The predicted octanol–water partition coefficient (Wildman–Crippen LogP) is 5.74. The molecule has 1 aromatic carbocycles. The van der Waals surface area contributed by atoms with Crippen molar-refractivity contribution in [2.45, 2.75) is 40.5 Å². The zero-order valence-electron chi connectivity index (χ0n) is 22.2. The van der Waals surface area contributed by atoms with Gasteiger partial charge in [0.15, 0.2) is 0 Å². The molecule has 4 nitrogen and oxygen atoms in total. The summed E-state index contributed by atoms with van der Waals surface area (Å²) in [5.74, 6) is 1.19. The number of rotatable bonds is 7.